The molecule has 1 fully saturated rings. The van der Waals surface area contributed by atoms with E-state index in [0.29, 0.717) is 0 Å². The summed E-state index contributed by atoms with van der Waals surface area (Å²) >= 11 is 11.9. The second-order valence-corrected chi connectivity index (χ2v) is 10.00. The van der Waals surface area contributed by atoms with E-state index >= 15 is 0 Å². The van der Waals surface area contributed by atoms with Crippen molar-refractivity contribution in [2.75, 3.05) is 19.3 Å². The fourth-order valence-corrected chi connectivity index (χ4v) is 5.99. The molecule has 118 valence electrons. The third-order valence-corrected chi connectivity index (χ3v) is 8.06. The van der Waals surface area contributed by atoms with Gasteiger partial charge >= 0.3 is 0 Å². The second kappa shape index (κ2) is 6.04. The molecule has 0 spiro atoms. The summed E-state index contributed by atoms with van der Waals surface area (Å²) in [6, 6.07) is 4.49. The highest BCUT2D eigenvalue weighted by Crippen LogP contribution is 2.33. The first kappa shape index (κ1) is 17.0. The van der Waals surface area contributed by atoms with E-state index < -0.39 is 25.1 Å². The van der Waals surface area contributed by atoms with E-state index in [1.165, 1.54) is 22.7 Å². The Morgan fingerprint density at radius 2 is 1.52 bits per heavy atom. The summed E-state index contributed by atoms with van der Waals surface area (Å²) in [6.45, 7) is 0.281. The maximum atomic E-state index is 12.6. The molecule has 2 rings (SSSR count). The lowest BCUT2D eigenvalue weighted by Gasteiger charge is -2.30. The van der Waals surface area contributed by atoms with Crippen LogP contribution in [-0.2, 0) is 19.9 Å². The number of hydrogen-bond donors (Lipinski definition) is 0. The topological polar surface area (TPSA) is 71.5 Å². The summed E-state index contributed by atoms with van der Waals surface area (Å²) in [5.74, 6) is 0. The van der Waals surface area contributed by atoms with E-state index in [1.807, 2.05) is 0 Å². The van der Waals surface area contributed by atoms with Crippen molar-refractivity contribution in [3.05, 3.63) is 28.2 Å². The Bertz CT molecular complexity index is 718. The Hall–Kier alpha value is -0.340. The van der Waals surface area contributed by atoms with Gasteiger partial charge in [-0.1, -0.05) is 29.3 Å². The predicted octanol–water partition coefficient (Wildman–Crippen LogP) is 2.19. The third kappa shape index (κ3) is 3.53. The summed E-state index contributed by atoms with van der Waals surface area (Å²) < 4.78 is 49.4. The highest BCUT2D eigenvalue weighted by molar-refractivity contribution is 7.91. The largest absolute Gasteiger partial charge is 0.246 e. The average molecular weight is 372 g/mol. The predicted molar refractivity (Wildman–Crippen MR) is 83.1 cm³/mol. The maximum Gasteiger partial charge on any atom is 0.246 e. The zero-order valence-electron chi connectivity index (χ0n) is 11.3. The van der Waals surface area contributed by atoms with Gasteiger partial charge in [0.1, 0.15) is 14.7 Å². The Morgan fingerprint density at radius 3 is 1.95 bits per heavy atom. The SMILES string of the molecule is CS(=O)(=O)C1CCN(S(=O)(=O)c2c(Cl)cccc2Cl)CC1. The molecule has 0 saturated carbocycles. The van der Waals surface area contributed by atoms with Crippen LogP contribution in [0.2, 0.25) is 10.0 Å². The fraction of sp³-hybridized carbons (Fsp3) is 0.500. The Balaban J connectivity index is 2.27. The van der Waals surface area contributed by atoms with Crippen LogP contribution in [0.3, 0.4) is 0 Å². The zero-order valence-corrected chi connectivity index (χ0v) is 14.4. The minimum Gasteiger partial charge on any atom is -0.229 e. The van der Waals surface area contributed by atoms with Crippen LogP contribution < -0.4 is 0 Å². The van der Waals surface area contributed by atoms with Crippen LogP contribution in [0.5, 0.6) is 0 Å². The molecule has 0 aliphatic carbocycles. The van der Waals surface area contributed by atoms with Crippen molar-refractivity contribution in [3.63, 3.8) is 0 Å². The molecule has 0 unspecified atom stereocenters. The van der Waals surface area contributed by atoms with Crippen LogP contribution in [0.15, 0.2) is 23.1 Å². The zero-order chi connectivity index (χ0) is 15.8. The van der Waals surface area contributed by atoms with Crippen molar-refractivity contribution in [3.8, 4) is 0 Å². The van der Waals surface area contributed by atoms with Crippen LogP contribution in [0.25, 0.3) is 0 Å². The highest BCUT2D eigenvalue weighted by Gasteiger charge is 2.35. The quantitative estimate of drug-likeness (QED) is 0.816. The van der Waals surface area contributed by atoms with Gasteiger partial charge in [-0.05, 0) is 25.0 Å². The van der Waals surface area contributed by atoms with E-state index in [9.17, 15) is 16.8 Å². The van der Waals surface area contributed by atoms with E-state index in [1.54, 1.807) is 6.07 Å². The summed E-state index contributed by atoms with van der Waals surface area (Å²) in [4.78, 5) is -0.119. The van der Waals surface area contributed by atoms with Gasteiger partial charge in [0.15, 0.2) is 0 Å². The number of sulfone groups is 1. The van der Waals surface area contributed by atoms with Crippen LogP contribution in [0.4, 0.5) is 0 Å². The molecule has 1 saturated heterocycles. The summed E-state index contributed by atoms with van der Waals surface area (Å²) in [7, 11) is -6.97. The van der Waals surface area contributed by atoms with Crippen molar-refractivity contribution in [2.24, 2.45) is 0 Å². The number of hydrogen-bond acceptors (Lipinski definition) is 4. The lowest BCUT2D eigenvalue weighted by molar-refractivity contribution is 0.346. The highest BCUT2D eigenvalue weighted by atomic mass is 35.5. The minimum absolute atomic E-state index is 0.0627. The monoisotopic (exact) mass is 371 g/mol. The molecule has 1 heterocycles. The number of sulfonamides is 1. The summed E-state index contributed by atoms with van der Waals surface area (Å²) in [6.07, 6.45) is 1.73. The first-order valence-electron chi connectivity index (χ1n) is 6.27. The normalized spacial score (nSPS) is 18.8. The molecule has 5 nitrogen and oxygen atoms in total. The molecule has 0 atom stereocenters. The van der Waals surface area contributed by atoms with E-state index in [2.05, 4.69) is 0 Å². The number of halogens is 2. The van der Waals surface area contributed by atoms with Crippen molar-refractivity contribution < 1.29 is 16.8 Å². The molecular weight excluding hydrogens is 357 g/mol. The van der Waals surface area contributed by atoms with Gasteiger partial charge in [-0.25, -0.2) is 16.8 Å². The van der Waals surface area contributed by atoms with Crippen molar-refractivity contribution in [1.29, 1.82) is 0 Å². The molecule has 1 aromatic rings. The molecule has 1 aliphatic rings. The first-order chi connectivity index (χ1) is 9.64. The van der Waals surface area contributed by atoms with Gasteiger partial charge in [0, 0.05) is 19.3 Å². The number of piperidine rings is 1. The van der Waals surface area contributed by atoms with Crippen LogP contribution in [-0.4, -0.2) is 45.7 Å². The van der Waals surface area contributed by atoms with Crippen molar-refractivity contribution in [1.82, 2.24) is 4.31 Å². The van der Waals surface area contributed by atoms with Gasteiger partial charge < -0.3 is 0 Å². The minimum atomic E-state index is -3.82. The van der Waals surface area contributed by atoms with E-state index in [-0.39, 0.29) is 40.9 Å². The van der Waals surface area contributed by atoms with Gasteiger partial charge in [-0.15, -0.1) is 0 Å². The standard InChI is InChI=1S/C12H15Cl2NO4S2/c1-20(16,17)9-5-7-15(8-6-9)21(18,19)12-10(13)3-2-4-11(12)14/h2-4,9H,5-8H2,1H3. The second-order valence-electron chi connectivity index (χ2n) is 4.98. The van der Waals surface area contributed by atoms with E-state index in [4.69, 9.17) is 23.2 Å². The molecule has 0 N–H and O–H groups in total. The van der Waals surface area contributed by atoms with Gasteiger partial charge in [0.05, 0.1) is 15.3 Å². The number of rotatable bonds is 3. The molecular formula is C12H15Cl2NO4S2. The number of nitrogens with zero attached hydrogens (tertiary/aromatic N) is 1. The van der Waals surface area contributed by atoms with Crippen LogP contribution >= 0.6 is 23.2 Å². The molecule has 0 bridgehead atoms. The van der Waals surface area contributed by atoms with Crippen molar-refractivity contribution >= 4 is 43.1 Å². The van der Waals surface area contributed by atoms with Crippen molar-refractivity contribution in [2.45, 2.75) is 23.0 Å². The lowest BCUT2D eigenvalue weighted by atomic mass is 10.2. The van der Waals surface area contributed by atoms with Crippen LogP contribution in [0.1, 0.15) is 12.8 Å². The average Bonchev–Trinajstić information content (AvgIpc) is 2.37. The molecule has 21 heavy (non-hydrogen) atoms. The summed E-state index contributed by atoms with van der Waals surface area (Å²) in [5, 5.41) is -0.369. The molecule has 0 amide bonds. The Labute approximate surface area is 134 Å². The van der Waals surface area contributed by atoms with Gasteiger partial charge in [0.25, 0.3) is 0 Å². The van der Waals surface area contributed by atoms with Gasteiger partial charge in [0.2, 0.25) is 10.0 Å². The molecule has 0 aromatic heterocycles. The number of benzene rings is 1. The fourth-order valence-electron chi connectivity index (χ4n) is 2.36. The molecule has 0 radical (unpaired) electrons. The third-order valence-electron chi connectivity index (χ3n) is 3.52. The first-order valence-corrected chi connectivity index (χ1v) is 10.4. The van der Waals surface area contributed by atoms with Gasteiger partial charge in [-0.3, -0.25) is 0 Å². The molecule has 9 heteroatoms. The Kier molecular flexibility index (Phi) is 4.90. The summed E-state index contributed by atoms with van der Waals surface area (Å²) in [5.41, 5.74) is 0. The van der Waals surface area contributed by atoms with Crippen LogP contribution in [0, 0.1) is 0 Å². The molecule has 1 aromatic carbocycles. The molecule has 1 aliphatic heterocycles. The van der Waals surface area contributed by atoms with Gasteiger partial charge in [-0.2, -0.15) is 4.31 Å². The lowest BCUT2D eigenvalue weighted by Crippen LogP contribution is -2.42. The van der Waals surface area contributed by atoms with E-state index in [0.717, 1.165) is 0 Å². The smallest absolute Gasteiger partial charge is 0.229 e. The Morgan fingerprint density at radius 1 is 1.05 bits per heavy atom. The maximum absolute atomic E-state index is 12.6.